The van der Waals surface area contributed by atoms with Gasteiger partial charge in [-0.2, -0.15) is 0 Å². The maximum atomic E-state index is 12.1. The van der Waals surface area contributed by atoms with Crippen molar-refractivity contribution < 1.29 is 9.59 Å². The minimum absolute atomic E-state index is 0.0485. The lowest BCUT2D eigenvalue weighted by atomic mass is 9.85. The van der Waals surface area contributed by atoms with Crippen LogP contribution < -0.4 is 5.32 Å². The van der Waals surface area contributed by atoms with Crippen molar-refractivity contribution in [1.82, 2.24) is 0 Å². The zero-order valence-corrected chi connectivity index (χ0v) is 10.5. The summed E-state index contributed by atoms with van der Waals surface area (Å²) < 4.78 is 0. The normalized spacial score (nSPS) is 15.1. The van der Waals surface area contributed by atoms with Crippen molar-refractivity contribution in [3.8, 4) is 0 Å². The zero-order chi connectivity index (χ0) is 12.6. The van der Waals surface area contributed by atoms with Crippen molar-refractivity contribution in [3.63, 3.8) is 0 Å². The Morgan fingerprint density at radius 2 is 1.94 bits per heavy atom. The minimum atomic E-state index is -0.369. The third-order valence-corrected chi connectivity index (χ3v) is 2.94. The van der Waals surface area contributed by atoms with Crippen molar-refractivity contribution in [2.45, 2.75) is 33.6 Å². The molecule has 0 radical (unpaired) electrons. The average molecular weight is 231 g/mol. The van der Waals surface area contributed by atoms with Crippen LogP contribution in [0.2, 0.25) is 0 Å². The summed E-state index contributed by atoms with van der Waals surface area (Å²) in [6.07, 6.45) is 1.21. The van der Waals surface area contributed by atoms with Crippen LogP contribution in [0.4, 0.5) is 5.69 Å². The van der Waals surface area contributed by atoms with Crippen molar-refractivity contribution >= 4 is 17.4 Å². The van der Waals surface area contributed by atoms with Crippen molar-refractivity contribution in [1.29, 1.82) is 0 Å². The predicted octanol–water partition coefficient (Wildman–Crippen LogP) is 2.80. The van der Waals surface area contributed by atoms with E-state index >= 15 is 0 Å². The molecule has 3 nitrogen and oxygen atoms in total. The standard InChI is InChI=1S/C14H17NO2/c1-14(2,3)13(17)10-4-6-11-9(8-10)5-7-12(16)15-11/h4,6,8H,5,7H2,1-3H3,(H,15,16). The van der Waals surface area contributed by atoms with Crippen molar-refractivity contribution in [3.05, 3.63) is 29.3 Å². The molecule has 0 aliphatic carbocycles. The number of carbonyl (C=O) groups excluding carboxylic acids is 2. The van der Waals surface area contributed by atoms with E-state index in [-0.39, 0.29) is 17.1 Å². The molecule has 0 atom stereocenters. The number of hydrogen-bond donors (Lipinski definition) is 1. The van der Waals surface area contributed by atoms with Gasteiger partial charge in [-0.1, -0.05) is 20.8 Å². The summed E-state index contributed by atoms with van der Waals surface area (Å²) in [6.45, 7) is 5.74. The van der Waals surface area contributed by atoms with Gasteiger partial charge in [-0.3, -0.25) is 9.59 Å². The lowest BCUT2D eigenvalue weighted by Gasteiger charge is -2.20. The molecule has 1 aliphatic rings. The van der Waals surface area contributed by atoms with Gasteiger partial charge in [0.2, 0.25) is 5.91 Å². The second-order valence-electron chi connectivity index (χ2n) is 5.50. The van der Waals surface area contributed by atoms with Crippen LogP contribution in [0, 0.1) is 5.41 Å². The maximum absolute atomic E-state index is 12.1. The highest BCUT2D eigenvalue weighted by atomic mass is 16.1. The summed E-state index contributed by atoms with van der Waals surface area (Å²) in [5, 5.41) is 2.81. The highest BCUT2D eigenvalue weighted by Crippen LogP contribution is 2.27. The number of hydrogen-bond acceptors (Lipinski definition) is 2. The highest BCUT2D eigenvalue weighted by molar-refractivity contribution is 6.01. The monoisotopic (exact) mass is 231 g/mol. The summed E-state index contributed by atoms with van der Waals surface area (Å²) in [4.78, 5) is 23.4. The number of ketones is 1. The van der Waals surface area contributed by atoms with Gasteiger partial charge in [0.25, 0.3) is 0 Å². The van der Waals surface area contributed by atoms with Crippen molar-refractivity contribution in [2.24, 2.45) is 5.41 Å². The van der Waals surface area contributed by atoms with Gasteiger partial charge >= 0.3 is 0 Å². The van der Waals surface area contributed by atoms with Gasteiger partial charge in [-0.05, 0) is 30.2 Å². The van der Waals surface area contributed by atoms with Gasteiger partial charge in [0.15, 0.2) is 5.78 Å². The topological polar surface area (TPSA) is 46.2 Å². The van der Waals surface area contributed by atoms with Gasteiger partial charge in [-0.15, -0.1) is 0 Å². The van der Waals surface area contributed by atoms with Gasteiger partial charge < -0.3 is 5.32 Å². The molecule has 1 aromatic rings. The minimum Gasteiger partial charge on any atom is -0.326 e. The number of anilines is 1. The second-order valence-corrected chi connectivity index (χ2v) is 5.50. The van der Waals surface area contributed by atoms with Crippen LogP contribution in [-0.2, 0) is 11.2 Å². The van der Waals surface area contributed by atoms with E-state index < -0.39 is 0 Å². The second kappa shape index (κ2) is 3.99. The Labute approximate surface area is 101 Å². The molecule has 0 saturated heterocycles. The predicted molar refractivity (Wildman–Crippen MR) is 67.2 cm³/mol. The number of carbonyl (C=O) groups is 2. The van der Waals surface area contributed by atoms with E-state index in [4.69, 9.17) is 0 Å². The Kier molecular flexibility index (Phi) is 2.77. The number of aryl methyl sites for hydroxylation is 1. The van der Waals surface area contributed by atoms with Gasteiger partial charge in [0.1, 0.15) is 0 Å². The molecule has 2 rings (SSSR count). The molecule has 0 aromatic heterocycles. The molecule has 90 valence electrons. The molecule has 3 heteroatoms. The molecule has 0 saturated carbocycles. The number of benzene rings is 1. The van der Waals surface area contributed by atoms with Gasteiger partial charge in [0.05, 0.1) is 0 Å². The van der Waals surface area contributed by atoms with E-state index in [0.717, 1.165) is 16.8 Å². The SMILES string of the molecule is CC(C)(C)C(=O)c1ccc2c(c1)CCC(=O)N2. The Morgan fingerprint density at radius 1 is 1.24 bits per heavy atom. The fraction of sp³-hybridized carbons (Fsp3) is 0.429. The molecule has 1 heterocycles. The van der Waals surface area contributed by atoms with E-state index in [0.29, 0.717) is 12.8 Å². The summed E-state index contributed by atoms with van der Waals surface area (Å²) in [7, 11) is 0. The number of fused-ring (bicyclic) bond motifs is 1. The third kappa shape index (κ3) is 2.38. The molecule has 0 bridgehead atoms. The molecule has 1 aromatic carbocycles. The average Bonchev–Trinajstić information content (AvgIpc) is 2.26. The van der Waals surface area contributed by atoms with Crippen LogP contribution >= 0.6 is 0 Å². The van der Waals surface area contributed by atoms with E-state index in [1.807, 2.05) is 32.9 Å². The summed E-state index contributed by atoms with van der Waals surface area (Å²) >= 11 is 0. The lowest BCUT2D eigenvalue weighted by molar-refractivity contribution is -0.116. The molecule has 0 spiro atoms. The van der Waals surface area contributed by atoms with Gasteiger partial charge in [0, 0.05) is 23.1 Å². The zero-order valence-electron chi connectivity index (χ0n) is 10.5. The fourth-order valence-corrected chi connectivity index (χ4v) is 1.96. The van der Waals surface area contributed by atoms with Crippen LogP contribution in [0.5, 0.6) is 0 Å². The Bertz CT molecular complexity index is 483. The quantitative estimate of drug-likeness (QED) is 0.755. The van der Waals surface area contributed by atoms with E-state index in [9.17, 15) is 9.59 Å². The highest BCUT2D eigenvalue weighted by Gasteiger charge is 2.24. The molecule has 0 fully saturated rings. The Morgan fingerprint density at radius 3 is 2.59 bits per heavy atom. The lowest BCUT2D eigenvalue weighted by Crippen LogP contribution is -2.22. The first-order valence-corrected chi connectivity index (χ1v) is 5.85. The first-order valence-electron chi connectivity index (χ1n) is 5.85. The molecular formula is C14H17NO2. The number of amides is 1. The van der Waals surface area contributed by atoms with Crippen LogP contribution in [0.15, 0.2) is 18.2 Å². The molecule has 17 heavy (non-hydrogen) atoms. The van der Waals surface area contributed by atoms with E-state index in [1.165, 1.54) is 0 Å². The van der Waals surface area contributed by atoms with E-state index in [2.05, 4.69) is 5.32 Å². The van der Waals surface area contributed by atoms with Crippen LogP contribution in [-0.4, -0.2) is 11.7 Å². The largest absolute Gasteiger partial charge is 0.326 e. The van der Waals surface area contributed by atoms with Crippen LogP contribution in [0.1, 0.15) is 43.1 Å². The number of rotatable bonds is 1. The van der Waals surface area contributed by atoms with Crippen LogP contribution in [0.25, 0.3) is 0 Å². The summed E-state index contributed by atoms with van der Waals surface area (Å²) in [5.41, 5.74) is 2.25. The van der Waals surface area contributed by atoms with Crippen LogP contribution in [0.3, 0.4) is 0 Å². The number of nitrogens with one attached hydrogen (secondary N) is 1. The molecule has 1 amide bonds. The summed E-state index contributed by atoms with van der Waals surface area (Å²) in [5.74, 6) is 0.185. The third-order valence-electron chi connectivity index (χ3n) is 2.94. The Hall–Kier alpha value is -1.64. The van der Waals surface area contributed by atoms with Gasteiger partial charge in [-0.25, -0.2) is 0 Å². The first kappa shape index (κ1) is 11.8. The molecule has 0 unspecified atom stereocenters. The van der Waals surface area contributed by atoms with Crippen molar-refractivity contribution in [2.75, 3.05) is 5.32 Å². The summed E-state index contributed by atoms with van der Waals surface area (Å²) in [6, 6.07) is 5.52. The first-order chi connectivity index (χ1) is 7.88. The number of Topliss-reactive ketones (excluding diaryl/α,β-unsaturated/α-hetero) is 1. The molecule has 1 aliphatic heterocycles. The molecule has 1 N–H and O–H groups in total. The maximum Gasteiger partial charge on any atom is 0.224 e. The fourth-order valence-electron chi connectivity index (χ4n) is 1.96. The molecular weight excluding hydrogens is 214 g/mol. The Balaban J connectivity index is 2.35. The van der Waals surface area contributed by atoms with E-state index in [1.54, 1.807) is 6.07 Å². The smallest absolute Gasteiger partial charge is 0.224 e.